The van der Waals surface area contributed by atoms with Crippen LogP contribution in [0.2, 0.25) is 0 Å². The molecule has 0 aliphatic rings. The van der Waals surface area contributed by atoms with Gasteiger partial charge < -0.3 is 5.73 Å². The van der Waals surface area contributed by atoms with Gasteiger partial charge in [0.15, 0.2) is 0 Å². The summed E-state index contributed by atoms with van der Waals surface area (Å²) < 4.78 is 24.6. The molecule has 6 heteroatoms. The molecule has 0 aliphatic carbocycles. The lowest BCUT2D eigenvalue weighted by molar-refractivity contribution is -0.120. The smallest absolute Gasteiger partial charge is 0.235 e. The number of hydrogen-bond acceptors (Lipinski definition) is 4. The Bertz CT molecular complexity index is 330. The van der Waals surface area contributed by atoms with Gasteiger partial charge in [0, 0.05) is 12.5 Å². The van der Waals surface area contributed by atoms with Crippen LogP contribution in [-0.2, 0) is 14.8 Å². The van der Waals surface area contributed by atoms with E-state index in [1.54, 1.807) is 6.92 Å². The standard InChI is InChI=1S/C10H22N2O3S/c1-5-6-16(14,15)12-9(13)7-8(11)10(2,3)4/h8H,5-7,11H2,1-4H3,(H,12,13). The van der Waals surface area contributed by atoms with Crippen LogP contribution in [-0.4, -0.2) is 26.1 Å². The minimum Gasteiger partial charge on any atom is -0.327 e. The summed E-state index contributed by atoms with van der Waals surface area (Å²) in [5.41, 5.74) is 5.57. The third-order valence-corrected chi connectivity index (χ3v) is 3.74. The van der Waals surface area contributed by atoms with Gasteiger partial charge in [-0.25, -0.2) is 8.42 Å². The van der Waals surface area contributed by atoms with Crippen LogP contribution in [0.25, 0.3) is 0 Å². The molecule has 0 rings (SSSR count). The largest absolute Gasteiger partial charge is 0.327 e. The lowest BCUT2D eigenvalue weighted by Crippen LogP contribution is -2.42. The van der Waals surface area contributed by atoms with E-state index in [9.17, 15) is 13.2 Å². The third-order valence-electron chi connectivity index (χ3n) is 2.26. The molecule has 5 nitrogen and oxygen atoms in total. The van der Waals surface area contributed by atoms with Gasteiger partial charge in [-0.1, -0.05) is 27.7 Å². The molecular formula is C10H22N2O3S. The molecule has 16 heavy (non-hydrogen) atoms. The lowest BCUT2D eigenvalue weighted by atomic mass is 9.85. The van der Waals surface area contributed by atoms with E-state index in [0.717, 1.165) is 0 Å². The third kappa shape index (κ3) is 6.07. The van der Waals surface area contributed by atoms with Crippen LogP contribution < -0.4 is 10.5 Å². The van der Waals surface area contributed by atoms with E-state index in [1.807, 2.05) is 25.5 Å². The van der Waals surface area contributed by atoms with E-state index in [0.29, 0.717) is 6.42 Å². The number of nitrogens with one attached hydrogen (secondary N) is 1. The highest BCUT2D eigenvalue weighted by molar-refractivity contribution is 7.90. The van der Waals surface area contributed by atoms with Gasteiger partial charge in [-0.3, -0.25) is 9.52 Å². The summed E-state index contributed by atoms with van der Waals surface area (Å²) in [4.78, 5) is 11.4. The van der Waals surface area contributed by atoms with E-state index in [2.05, 4.69) is 0 Å². The summed E-state index contributed by atoms with van der Waals surface area (Å²) in [5.74, 6) is -0.570. The molecule has 96 valence electrons. The van der Waals surface area contributed by atoms with Crippen molar-refractivity contribution in [2.45, 2.75) is 46.6 Å². The Balaban J connectivity index is 4.31. The van der Waals surface area contributed by atoms with Gasteiger partial charge in [0.2, 0.25) is 15.9 Å². The number of carbonyl (C=O) groups excluding carboxylic acids is 1. The van der Waals surface area contributed by atoms with Gasteiger partial charge in [0.05, 0.1) is 5.75 Å². The predicted molar refractivity (Wildman–Crippen MR) is 64.3 cm³/mol. The second kappa shape index (κ2) is 5.63. The molecule has 0 heterocycles. The summed E-state index contributed by atoms with van der Waals surface area (Å²) in [6.07, 6.45) is 0.500. The van der Waals surface area contributed by atoms with Crippen molar-refractivity contribution in [3.05, 3.63) is 0 Å². The first-order valence-corrected chi connectivity index (χ1v) is 7.02. The monoisotopic (exact) mass is 250 g/mol. The topological polar surface area (TPSA) is 89.3 Å². The zero-order chi connectivity index (χ0) is 13.0. The van der Waals surface area contributed by atoms with Gasteiger partial charge >= 0.3 is 0 Å². The summed E-state index contributed by atoms with van der Waals surface area (Å²) >= 11 is 0. The number of amides is 1. The first-order valence-electron chi connectivity index (χ1n) is 5.37. The van der Waals surface area contributed by atoms with Crippen molar-refractivity contribution in [2.75, 3.05) is 5.75 Å². The Hall–Kier alpha value is -0.620. The van der Waals surface area contributed by atoms with E-state index in [4.69, 9.17) is 5.73 Å². The molecular weight excluding hydrogens is 228 g/mol. The molecule has 0 aromatic heterocycles. The molecule has 0 saturated heterocycles. The number of carbonyl (C=O) groups is 1. The van der Waals surface area contributed by atoms with Crippen molar-refractivity contribution < 1.29 is 13.2 Å². The van der Waals surface area contributed by atoms with Crippen LogP contribution in [0, 0.1) is 5.41 Å². The Kier molecular flexibility index (Phi) is 5.41. The quantitative estimate of drug-likeness (QED) is 0.748. The minimum absolute atomic E-state index is 0.0203. The lowest BCUT2D eigenvalue weighted by Gasteiger charge is -2.26. The summed E-state index contributed by atoms with van der Waals surface area (Å²) in [7, 11) is -3.48. The van der Waals surface area contributed by atoms with Crippen LogP contribution in [0.4, 0.5) is 0 Å². The zero-order valence-electron chi connectivity index (χ0n) is 10.4. The van der Waals surface area contributed by atoms with Crippen molar-refractivity contribution in [3.8, 4) is 0 Å². The van der Waals surface area contributed by atoms with Gasteiger partial charge in [-0.05, 0) is 11.8 Å². The van der Waals surface area contributed by atoms with E-state index in [-0.39, 0.29) is 23.6 Å². The summed E-state index contributed by atoms with van der Waals surface area (Å²) in [5, 5.41) is 0. The van der Waals surface area contributed by atoms with Crippen molar-refractivity contribution >= 4 is 15.9 Å². The van der Waals surface area contributed by atoms with Crippen molar-refractivity contribution in [3.63, 3.8) is 0 Å². The molecule has 1 atom stereocenters. The normalized spacial score (nSPS) is 14.6. The van der Waals surface area contributed by atoms with Crippen molar-refractivity contribution in [2.24, 2.45) is 11.1 Å². The first-order chi connectivity index (χ1) is 7.08. The van der Waals surface area contributed by atoms with Gasteiger partial charge in [-0.2, -0.15) is 0 Å². The number of hydrogen-bond donors (Lipinski definition) is 2. The highest BCUT2D eigenvalue weighted by Crippen LogP contribution is 2.19. The molecule has 0 aromatic rings. The highest BCUT2D eigenvalue weighted by Gasteiger charge is 2.24. The summed E-state index contributed by atoms with van der Waals surface area (Å²) in [6.45, 7) is 7.47. The van der Waals surface area contributed by atoms with Gasteiger partial charge in [-0.15, -0.1) is 0 Å². The minimum atomic E-state index is -3.48. The fourth-order valence-electron chi connectivity index (χ4n) is 1.04. The van der Waals surface area contributed by atoms with Gasteiger partial charge in [0.1, 0.15) is 0 Å². The SMILES string of the molecule is CCCS(=O)(=O)NC(=O)CC(N)C(C)(C)C. The van der Waals surface area contributed by atoms with Crippen LogP contribution in [0.3, 0.4) is 0 Å². The van der Waals surface area contributed by atoms with Crippen LogP contribution in [0.15, 0.2) is 0 Å². The Morgan fingerprint density at radius 1 is 1.38 bits per heavy atom. The van der Waals surface area contributed by atoms with E-state index >= 15 is 0 Å². The molecule has 0 aliphatic heterocycles. The fraction of sp³-hybridized carbons (Fsp3) is 0.900. The maximum atomic E-state index is 11.4. The molecule has 0 spiro atoms. The highest BCUT2D eigenvalue weighted by atomic mass is 32.2. The molecule has 0 fully saturated rings. The molecule has 0 aromatic carbocycles. The van der Waals surface area contributed by atoms with Crippen molar-refractivity contribution in [1.82, 2.24) is 4.72 Å². The molecule has 0 radical (unpaired) electrons. The molecule has 1 unspecified atom stereocenters. The average molecular weight is 250 g/mol. The predicted octanol–water partition coefficient (Wildman–Crippen LogP) is 0.606. The zero-order valence-corrected chi connectivity index (χ0v) is 11.2. The maximum absolute atomic E-state index is 11.4. The molecule has 3 N–H and O–H groups in total. The Morgan fingerprint density at radius 3 is 2.25 bits per heavy atom. The molecule has 1 amide bonds. The van der Waals surface area contributed by atoms with Crippen LogP contribution >= 0.6 is 0 Å². The summed E-state index contributed by atoms with van der Waals surface area (Å²) in [6, 6.07) is -0.357. The Labute approximate surface area is 97.8 Å². The second-order valence-corrected chi connectivity index (χ2v) is 6.86. The van der Waals surface area contributed by atoms with Crippen LogP contribution in [0.1, 0.15) is 40.5 Å². The molecule has 0 saturated carbocycles. The van der Waals surface area contributed by atoms with Crippen molar-refractivity contribution in [1.29, 1.82) is 0 Å². The average Bonchev–Trinajstić information content (AvgIpc) is 1.99. The fourth-order valence-corrected chi connectivity index (χ4v) is 2.11. The van der Waals surface area contributed by atoms with Crippen LogP contribution in [0.5, 0.6) is 0 Å². The molecule has 0 bridgehead atoms. The second-order valence-electron chi connectivity index (χ2n) is 5.02. The van der Waals surface area contributed by atoms with E-state index < -0.39 is 15.9 Å². The maximum Gasteiger partial charge on any atom is 0.235 e. The number of nitrogens with two attached hydrogens (primary N) is 1. The Morgan fingerprint density at radius 2 is 1.88 bits per heavy atom. The first kappa shape index (κ1) is 15.4. The van der Waals surface area contributed by atoms with E-state index in [1.165, 1.54) is 0 Å². The van der Waals surface area contributed by atoms with Gasteiger partial charge in [0.25, 0.3) is 0 Å². The number of rotatable bonds is 5. The number of sulfonamides is 1.